The summed E-state index contributed by atoms with van der Waals surface area (Å²) in [5.41, 5.74) is 3.16. The van der Waals surface area contributed by atoms with E-state index < -0.39 is 0 Å². The molecule has 2 rings (SSSR count). The van der Waals surface area contributed by atoms with Crippen LogP contribution in [0.4, 0.5) is 4.39 Å². The van der Waals surface area contributed by atoms with Crippen LogP contribution >= 0.6 is 24.0 Å². The van der Waals surface area contributed by atoms with E-state index in [1.54, 1.807) is 19.2 Å². The first-order valence-electron chi connectivity index (χ1n) is 7.42. The van der Waals surface area contributed by atoms with E-state index in [1.165, 1.54) is 17.2 Å². The van der Waals surface area contributed by atoms with Gasteiger partial charge in [-0.05, 0) is 30.5 Å². The van der Waals surface area contributed by atoms with Crippen molar-refractivity contribution in [1.29, 1.82) is 0 Å². The average Bonchev–Trinajstić information content (AvgIpc) is 2.54. The number of aliphatic imine (C=N–C) groups is 1. The normalized spacial score (nSPS) is 10.8. The molecule has 0 heterocycles. The summed E-state index contributed by atoms with van der Waals surface area (Å²) in [6, 6.07) is 15.2. The van der Waals surface area contributed by atoms with Crippen LogP contribution in [0, 0.1) is 12.7 Å². The molecule has 0 saturated carbocycles. The Kier molecular flexibility index (Phi) is 8.61. The highest BCUT2D eigenvalue weighted by molar-refractivity contribution is 14.0. The minimum absolute atomic E-state index is 0. The molecular weight excluding hydrogens is 404 g/mol. The second-order valence-corrected chi connectivity index (χ2v) is 5.18. The Hall–Kier alpha value is -1.63. The lowest BCUT2D eigenvalue weighted by Gasteiger charge is -2.12. The third-order valence-corrected chi connectivity index (χ3v) is 3.45. The first-order valence-corrected chi connectivity index (χ1v) is 7.42. The monoisotopic (exact) mass is 427 g/mol. The molecule has 0 atom stereocenters. The van der Waals surface area contributed by atoms with Gasteiger partial charge in [0.15, 0.2) is 5.96 Å². The van der Waals surface area contributed by atoms with Crippen LogP contribution in [0.1, 0.15) is 16.7 Å². The van der Waals surface area contributed by atoms with Crippen LogP contribution in [0.15, 0.2) is 53.5 Å². The maximum absolute atomic E-state index is 13.5. The maximum Gasteiger partial charge on any atom is 0.191 e. The Morgan fingerprint density at radius 3 is 2.39 bits per heavy atom. The standard InChI is InChI=1S/C18H22FN3.HI/c1-14-7-9-15(10-8-14)13-22-18(20-2)21-12-11-16-5-3-4-6-17(16)19;/h3-10H,11-13H2,1-2H3,(H2,20,21,22);1H. The van der Waals surface area contributed by atoms with Crippen LogP contribution in [-0.4, -0.2) is 19.6 Å². The highest BCUT2D eigenvalue weighted by Crippen LogP contribution is 2.06. The molecule has 2 aromatic rings. The van der Waals surface area contributed by atoms with E-state index in [1.807, 2.05) is 6.07 Å². The van der Waals surface area contributed by atoms with Crippen molar-refractivity contribution in [2.75, 3.05) is 13.6 Å². The summed E-state index contributed by atoms with van der Waals surface area (Å²) in [7, 11) is 1.73. The van der Waals surface area contributed by atoms with Gasteiger partial charge < -0.3 is 10.6 Å². The second-order valence-electron chi connectivity index (χ2n) is 5.18. The lowest BCUT2D eigenvalue weighted by atomic mass is 10.1. The van der Waals surface area contributed by atoms with Crippen LogP contribution in [0.5, 0.6) is 0 Å². The zero-order chi connectivity index (χ0) is 15.8. The van der Waals surface area contributed by atoms with Gasteiger partial charge in [-0.2, -0.15) is 0 Å². The highest BCUT2D eigenvalue weighted by atomic mass is 127. The molecule has 0 aliphatic rings. The van der Waals surface area contributed by atoms with Crippen molar-refractivity contribution in [3.05, 3.63) is 71.0 Å². The summed E-state index contributed by atoms with van der Waals surface area (Å²) in [6.45, 7) is 3.41. The molecule has 2 aromatic carbocycles. The summed E-state index contributed by atoms with van der Waals surface area (Å²) < 4.78 is 13.5. The first kappa shape index (κ1) is 19.4. The fourth-order valence-electron chi connectivity index (χ4n) is 2.13. The number of benzene rings is 2. The Morgan fingerprint density at radius 2 is 1.74 bits per heavy atom. The zero-order valence-electron chi connectivity index (χ0n) is 13.5. The maximum atomic E-state index is 13.5. The first-order chi connectivity index (χ1) is 10.7. The fourth-order valence-corrected chi connectivity index (χ4v) is 2.13. The lowest BCUT2D eigenvalue weighted by Crippen LogP contribution is -2.37. The third kappa shape index (κ3) is 6.56. The van der Waals surface area contributed by atoms with E-state index in [2.05, 4.69) is 46.8 Å². The number of hydrogen-bond donors (Lipinski definition) is 2. The topological polar surface area (TPSA) is 36.4 Å². The van der Waals surface area contributed by atoms with Gasteiger partial charge in [-0.1, -0.05) is 48.0 Å². The van der Waals surface area contributed by atoms with E-state index in [4.69, 9.17) is 0 Å². The van der Waals surface area contributed by atoms with Crippen molar-refractivity contribution in [1.82, 2.24) is 10.6 Å². The molecule has 5 heteroatoms. The Balaban J connectivity index is 0.00000264. The van der Waals surface area contributed by atoms with Gasteiger partial charge in [-0.3, -0.25) is 4.99 Å². The fraction of sp³-hybridized carbons (Fsp3) is 0.278. The largest absolute Gasteiger partial charge is 0.356 e. The Morgan fingerprint density at radius 1 is 1.04 bits per heavy atom. The van der Waals surface area contributed by atoms with Gasteiger partial charge in [0.1, 0.15) is 5.82 Å². The molecule has 0 aliphatic heterocycles. The Bertz CT molecular complexity index is 626. The van der Waals surface area contributed by atoms with Crippen LogP contribution < -0.4 is 10.6 Å². The molecule has 0 aromatic heterocycles. The minimum atomic E-state index is -0.160. The summed E-state index contributed by atoms with van der Waals surface area (Å²) in [6.07, 6.45) is 0.623. The molecule has 2 N–H and O–H groups in total. The summed E-state index contributed by atoms with van der Waals surface area (Å²) >= 11 is 0. The highest BCUT2D eigenvalue weighted by Gasteiger charge is 2.02. The van der Waals surface area contributed by atoms with E-state index >= 15 is 0 Å². The summed E-state index contributed by atoms with van der Waals surface area (Å²) in [5.74, 6) is 0.559. The van der Waals surface area contributed by atoms with Crippen molar-refractivity contribution < 1.29 is 4.39 Å². The van der Waals surface area contributed by atoms with E-state index in [9.17, 15) is 4.39 Å². The molecular formula is C18H23FIN3. The van der Waals surface area contributed by atoms with Crippen LogP contribution in [0.3, 0.4) is 0 Å². The molecule has 0 fully saturated rings. The molecule has 0 saturated heterocycles. The van der Waals surface area contributed by atoms with Crippen molar-refractivity contribution in [2.45, 2.75) is 19.9 Å². The van der Waals surface area contributed by atoms with Crippen LogP contribution in [-0.2, 0) is 13.0 Å². The molecule has 0 aliphatic carbocycles. The lowest BCUT2D eigenvalue weighted by molar-refractivity contribution is 0.606. The Labute approximate surface area is 154 Å². The van der Waals surface area contributed by atoms with E-state index in [0.717, 1.165) is 5.96 Å². The van der Waals surface area contributed by atoms with Crippen LogP contribution in [0.25, 0.3) is 0 Å². The number of guanidine groups is 1. The summed E-state index contributed by atoms with van der Waals surface area (Å²) in [4.78, 5) is 4.17. The number of hydrogen-bond acceptors (Lipinski definition) is 1. The van der Waals surface area contributed by atoms with Crippen molar-refractivity contribution in [3.63, 3.8) is 0 Å². The molecule has 23 heavy (non-hydrogen) atoms. The summed E-state index contributed by atoms with van der Waals surface area (Å²) in [5, 5.41) is 6.45. The van der Waals surface area contributed by atoms with Gasteiger partial charge in [0.25, 0.3) is 0 Å². The van der Waals surface area contributed by atoms with E-state index in [-0.39, 0.29) is 29.8 Å². The predicted molar refractivity (Wildman–Crippen MR) is 105 cm³/mol. The van der Waals surface area contributed by atoms with Gasteiger partial charge in [0.05, 0.1) is 0 Å². The number of halogens is 2. The molecule has 0 spiro atoms. The predicted octanol–water partition coefficient (Wildman–Crippen LogP) is 3.66. The third-order valence-electron chi connectivity index (χ3n) is 3.45. The van der Waals surface area contributed by atoms with Crippen molar-refractivity contribution in [2.24, 2.45) is 4.99 Å². The zero-order valence-corrected chi connectivity index (χ0v) is 15.8. The van der Waals surface area contributed by atoms with Gasteiger partial charge in [-0.15, -0.1) is 24.0 Å². The van der Waals surface area contributed by atoms with Gasteiger partial charge in [0.2, 0.25) is 0 Å². The quantitative estimate of drug-likeness (QED) is 0.434. The minimum Gasteiger partial charge on any atom is -0.356 e. The van der Waals surface area contributed by atoms with Crippen LogP contribution in [0.2, 0.25) is 0 Å². The number of nitrogens with one attached hydrogen (secondary N) is 2. The number of rotatable bonds is 5. The molecule has 0 bridgehead atoms. The van der Waals surface area contributed by atoms with Gasteiger partial charge in [-0.25, -0.2) is 4.39 Å². The molecule has 124 valence electrons. The van der Waals surface area contributed by atoms with Gasteiger partial charge >= 0.3 is 0 Å². The molecule has 0 amide bonds. The molecule has 3 nitrogen and oxygen atoms in total. The molecule has 0 unspecified atom stereocenters. The SMILES string of the molecule is CN=C(NCCc1ccccc1F)NCc1ccc(C)cc1.I. The smallest absolute Gasteiger partial charge is 0.191 e. The second kappa shape index (κ2) is 10.2. The van der Waals surface area contributed by atoms with Crippen molar-refractivity contribution in [3.8, 4) is 0 Å². The molecule has 0 radical (unpaired) electrons. The van der Waals surface area contributed by atoms with Gasteiger partial charge in [0, 0.05) is 20.1 Å². The van der Waals surface area contributed by atoms with E-state index in [0.29, 0.717) is 25.1 Å². The number of aryl methyl sites for hydroxylation is 1. The van der Waals surface area contributed by atoms with Crippen molar-refractivity contribution >= 4 is 29.9 Å². The number of nitrogens with zero attached hydrogens (tertiary/aromatic N) is 1. The average molecular weight is 427 g/mol.